The molecule has 62 heavy (non-hydrogen) atoms. The average molecular weight is 840 g/mol. The molecule has 0 radical (unpaired) electrons. The van der Waals surface area contributed by atoms with Crippen LogP contribution in [-0.4, -0.2) is 79.7 Å². The number of fused-ring (bicyclic) bond motifs is 4. The Morgan fingerprint density at radius 2 is 1.35 bits per heavy atom. The molecule has 6 aliphatic rings. The summed E-state index contributed by atoms with van der Waals surface area (Å²) in [6.45, 7) is 9.42. The highest BCUT2D eigenvalue weighted by Gasteiger charge is 2.49. The highest BCUT2D eigenvalue weighted by Crippen LogP contribution is 2.57. The number of likely N-dealkylation sites (tertiary alicyclic amines) is 2. The van der Waals surface area contributed by atoms with Crippen molar-refractivity contribution in [1.82, 2.24) is 35.1 Å². The van der Waals surface area contributed by atoms with E-state index in [0.29, 0.717) is 31.1 Å². The summed E-state index contributed by atoms with van der Waals surface area (Å²) in [6.07, 6.45) is 15.8. The second-order valence-corrected chi connectivity index (χ2v) is 20.1. The number of rotatable bonds is 10. The van der Waals surface area contributed by atoms with Gasteiger partial charge >= 0.3 is 6.09 Å². The molecule has 10 rings (SSSR count). The van der Waals surface area contributed by atoms with Gasteiger partial charge < -0.3 is 29.8 Å². The number of carbonyl (C=O) groups is 4. The third kappa shape index (κ3) is 6.87. The summed E-state index contributed by atoms with van der Waals surface area (Å²) in [6, 6.07) is 8.20. The van der Waals surface area contributed by atoms with Crippen molar-refractivity contribution in [3.8, 4) is 33.6 Å². The standard InChI is InChI=1S/C50H61N7O5/c1-27(2)20-43(59)56-18-8-10-40(56)46-51-26-39(54-46)31-13-12-29(36-23-50(24-37(31)36)16-6-7-17-50)32-15-14-30(34-21-33-35(44(32)34)22-42(33)58)38-25-52-47(53-38)41-11-9-19-57(41)48(60)45(28(3)4)55-49(61)62-5/h12-15,25-28,33,35,40-41,45H,6-11,16-24H2,1-5H3,(H,51,54)(H,52,53)(H,55,61)/t33?,35?,40-,41-,45-/m0/s1. The lowest BCUT2D eigenvalue weighted by molar-refractivity contribution is -0.135. The monoisotopic (exact) mass is 839 g/mol. The van der Waals surface area contributed by atoms with Gasteiger partial charge in [0.05, 0.1) is 43.0 Å². The van der Waals surface area contributed by atoms with E-state index in [-0.39, 0.29) is 47.1 Å². The van der Waals surface area contributed by atoms with E-state index in [4.69, 9.17) is 14.7 Å². The number of nitrogens with one attached hydrogen (secondary N) is 3. The quantitative estimate of drug-likeness (QED) is 0.144. The zero-order chi connectivity index (χ0) is 43.0. The SMILES string of the molecule is COC(=O)N[C@H](C(=O)N1CCC[C@H]1c1ncc(-c2ccc(-c3ccc(-c4cnc([C@@H]5CCCN5C(=O)CC(C)C)[nH]4)c4c3CC3(CCCC3)C4)c3c2CC2C(=O)CC32)[nH]1)C(C)C. The zero-order valence-electron chi connectivity index (χ0n) is 36.9. The Morgan fingerprint density at radius 3 is 1.97 bits per heavy atom. The number of nitrogens with zero attached hydrogens (tertiary/aromatic N) is 4. The van der Waals surface area contributed by atoms with E-state index >= 15 is 0 Å². The Kier molecular flexibility index (Phi) is 10.4. The molecule has 326 valence electrons. The highest BCUT2D eigenvalue weighted by atomic mass is 16.5. The first-order chi connectivity index (χ1) is 29.9. The largest absolute Gasteiger partial charge is 0.453 e. The Labute approximate surface area is 364 Å². The Bertz CT molecular complexity index is 2440. The third-order valence-corrected chi connectivity index (χ3v) is 15.4. The highest BCUT2D eigenvalue weighted by molar-refractivity contribution is 5.95. The van der Waals surface area contributed by atoms with Crippen LogP contribution in [0.1, 0.15) is 144 Å². The number of hydrogen-bond acceptors (Lipinski definition) is 7. The van der Waals surface area contributed by atoms with Crippen molar-refractivity contribution in [2.45, 2.75) is 135 Å². The number of benzene rings is 2. The molecule has 2 unspecified atom stereocenters. The second-order valence-electron chi connectivity index (χ2n) is 20.1. The van der Waals surface area contributed by atoms with Gasteiger partial charge in [0, 0.05) is 48.9 Å². The number of imidazole rings is 2. The number of ether oxygens (including phenoxy) is 1. The molecule has 0 bridgehead atoms. The van der Waals surface area contributed by atoms with E-state index in [0.717, 1.165) is 80.1 Å². The number of Topliss-reactive ketones (excluding diaryl/α,β-unsaturated/α-hetero) is 1. The summed E-state index contributed by atoms with van der Waals surface area (Å²) in [5.41, 5.74) is 12.5. The lowest BCUT2D eigenvalue weighted by Gasteiger charge is -2.30. The molecule has 3 amide bonds. The smallest absolute Gasteiger partial charge is 0.407 e. The fourth-order valence-corrected chi connectivity index (χ4v) is 12.3. The topological polar surface area (TPSA) is 153 Å². The molecule has 12 nitrogen and oxygen atoms in total. The first-order valence-corrected chi connectivity index (χ1v) is 23.3. The number of H-pyrrole nitrogens is 2. The molecular weight excluding hydrogens is 779 g/mol. The number of aromatic amines is 2. The first kappa shape index (κ1) is 40.8. The van der Waals surface area contributed by atoms with Gasteiger partial charge in [0.2, 0.25) is 11.8 Å². The van der Waals surface area contributed by atoms with E-state index in [1.54, 1.807) is 0 Å². The first-order valence-electron chi connectivity index (χ1n) is 23.3. The fourth-order valence-electron chi connectivity index (χ4n) is 12.3. The molecule has 2 saturated heterocycles. The van der Waals surface area contributed by atoms with Crippen molar-refractivity contribution in [1.29, 1.82) is 0 Å². The van der Waals surface area contributed by atoms with Gasteiger partial charge in [0.15, 0.2) is 0 Å². The number of alkyl carbamates (subject to hydrolysis) is 1. The van der Waals surface area contributed by atoms with Crippen LogP contribution < -0.4 is 5.32 Å². The van der Waals surface area contributed by atoms with Crippen molar-refractivity contribution in [3.63, 3.8) is 0 Å². The number of hydrogen-bond donors (Lipinski definition) is 3. The van der Waals surface area contributed by atoms with E-state index in [9.17, 15) is 19.2 Å². The second kappa shape index (κ2) is 15.8. The molecule has 4 heterocycles. The molecule has 3 N–H and O–H groups in total. The van der Waals surface area contributed by atoms with Gasteiger partial charge in [0.1, 0.15) is 23.5 Å². The Morgan fingerprint density at radius 1 is 0.774 bits per heavy atom. The van der Waals surface area contributed by atoms with Crippen molar-refractivity contribution in [2.75, 3.05) is 20.2 Å². The van der Waals surface area contributed by atoms with Crippen LogP contribution in [-0.2, 0) is 38.4 Å². The maximum atomic E-state index is 13.9. The maximum Gasteiger partial charge on any atom is 0.407 e. The molecule has 1 spiro atoms. The van der Waals surface area contributed by atoms with Crippen LogP contribution in [0.25, 0.3) is 33.6 Å². The van der Waals surface area contributed by atoms with E-state index in [2.05, 4.69) is 53.4 Å². The van der Waals surface area contributed by atoms with Crippen LogP contribution in [0.3, 0.4) is 0 Å². The summed E-state index contributed by atoms with van der Waals surface area (Å²) in [5.74, 6) is 2.47. The number of aromatic nitrogens is 4. The summed E-state index contributed by atoms with van der Waals surface area (Å²) >= 11 is 0. The van der Waals surface area contributed by atoms with E-state index < -0.39 is 12.1 Å². The Hall–Kier alpha value is -5.26. The maximum absolute atomic E-state index is 13.9. The van der Waals surface area contributed by atoms with E-state index in [1.165, 1.54) is 71.7 Å². The summed E-state index contributed by atoms with van der Waals surface area (Å²) in [4.78, 5) is 73.5. The molecule has 12 heteroatoms. The molecule has 4 aromatic rings. The molecule has 2 aromatic carbocycles. The normalized spacial score (nSPS) is 23.9. The summed E-state index contributed by atoms with van der Waals surface area (Å²) < 4.78 is 4.83. The minimum Gasteiger partial charge on any atom is -0.453 e. The molecule has 2 aliphatic heterocycles. The molecule has 2 saturated carbocycles. The molecule has 4 fully saturated rings. The number of ketones is 1. The van der Waals surface area contributed by atoms with Crippen LogP contribution in [0.5, 0.6) is 0 Å². The zero-order valence-corrected chi connectivity index (χ0v) is 36.9. The molecule has 2 aromatic heterocycles. The number of amides is 3. The van der Waals surface area contributed by atoms with Crippen molar-refractivity contribution < 1.29 is 23.9 Å². The van der Waals surface area contributed by atoms with Crippen LogP contribution in [0.15, 0.2) is 36.7 Å². The predicted octanol–water partition coefficient (Wildman–Crippen LogP) is 8.78. The lowest BCUT2D eigenvalue weighted by atomic mass is 9.71. The van der Waals surface area contributed by atoms with Gasteiger partial charge in [-0.15, -0.1) is 0 Å². The number of carbonyl (C=O) groups excluding carboxylic acids is 4. The third-order valence-electron chi connectivity index (χ3n) is 15.4. The molecule has 4 aliphatic carbocycles. The number of methoxy groups -OCH3 is 1. The van der Waals surface area contributed by atoms with Crippen molar-refractivity contribution in [2.24, 2.45) is 23.2 Å². The van der Waals surface area contributed by atoms with Crippen molar-refractivity contribution >= 4 is 23.7 Å². The van der Waals surface area contributed by atoms with Crippen LogP contribution in [0.2, 0.25) is 0 Å². The van der Waals surface area contributed by atoms with E-state index in [1.807, 2.05) is 36.0 Å². The van der Waals surface area contributed by atoms with Gasteiger partial charge in [-0.25, -0.2) is 14.8 Å². The minimum absolute atomic E-state index is 0.00463. The van der Waals surface area contributed by atoms with Crippen LogP contribution in [0.4, 0.5) is 4.79 Å². The van der Waals surface area contributed by atoms with Crippen LogP contribution >= 0.6 is 0 Å². The molecular formula is C50H61N7O5. The van der Waals surface area contributed by atoms with Crippen LogP contribution in [0, 0.1) is 23.2 Å². The van der Waals surface area contributed by atoms with Gasteiger partial charge in [-0.3, -0.25) is 14.4 Å². The van der Waals surface area contributed by atoms with Gasteiger partial charge in [-0.2, -0.15) is 0 Å². The van der Waals surface area contributed by atoms with Crippen molar-refractivity contribution in [3.05, 3.63) is 70.6 Å². The molecule has 5 atom stereocenters. The fraction of sp³-hybridized carbons (Fsp3) is 0.560. The van der Waals surface area contributed by atoms with Gasteiger partial charge in [-0.05, 0) is 108 Å². The minimum atomic E-state index is -0.702. The predicted molar refractivity (Wildman–Crippen MR) is 236 cm³/mol. The average Bonchev–Trinajstić information content (AvgIpc) is 4.10. The Balaban J connectivity index is 0.992. The van der Waals surface area contributed by atoms with Gasteiger partial charge in [-0.1, -0.05) is 64.8 Å². The summed E-state index contributed by atoms with van der Waals surface area (Å²) in [5, 5.41) is 2.75. The summed E-state index contributed by atoms with van der Waals surface area (Å²) in [7, 11) is 1.31. The van der Waals surface area contributed by atoms with Gasteiger partial charge in [0.25, 0.3) is 0 Å². The lowest BCUT2D eigenvalue weighted by Crippen LogP contribution is -2.51.